The molecule has 1 fully saturated rings. The maximum absolute atomic E-state index is 11.5. The Labute approximate surface area is 74.3 Å². The Hall–Kier alpha value is -0.490. The topological polar surface area (TPSA) is 34.1 Å². The highest BCUT2D eigenvalue weighted by Crippen LogP contribution is 2.38. The van der Waals surface area contributed by atoms with Gasteiger partial charge in [-0.15, -0.1) is 12.3 Å². The second kappa shape index (κ2) is 2.77. The summed E-state index contributed by atoms with van der Waals surface area (Å²) in [5, 5.41) is 0. The van der Waals surface area contributed by atoms with E-state index in [4.69, 9.17) is 6.42 Å². The molecule has 1 atom stereocenters. The minimum atomic E-state index is -2.89. The van der Waals surface area contributed by atoms with Crippen molar-refractivity contribution in [3.8, 4) is 12.3 Å². The van der Waals surface area contributed by atoms with Gasteiger partial charge < -0.3 is 0 Å². The summed E-state index contributed by atoms with van der Waals surface area (Å²) in [5.41, 5.74) is 0. The van der Waals surface area contributed by atoms with Gasteiger partial charge in [0.15, 0.2) is 9.84 Å². The number of rotatable bonds is 1. The molecule has 1 aliphatic heterocycles. The highest BCUT2D eigenvalue weighted by Gasteiger charge is 2.46. The van der Waals surface area contributed by atoms with Crippen LogP contribution in [0.3, 0.4) is 0 Å². The lowest BCUT2D eigenvalue weighted by molar-refractivity contribution is 0.430. The van der Waals surface area contributed by atoms with Gasteiger partial charge in [0, 0.05) is 6.42 Å². The van der Waals surface area contributed by atoms with E-state index in [2.05, 4.69) is 5.92 Å². The van der Waals surface area contributed by atoms with Crippen LogP contribution >= 0.6 is 0 Å². The van der Waals surface area contributed by atoms with E-state index < -0.39 is 14.6 Å². The van der Waals surface area contributed by atoms with Gasteiger partial charge in [-0.3, -0.25) is 0 Å². The first-order valence-electron chi connectivity index (χ1n) is 4.07. The van der Waals surface area contributed by atoms with Crippen molar-refractivity contribution in [2.24, 2.45) is 5.92 Å². The van der Waals surface area contributed by atoms with Crippen molar-refractivity contribution in [1.82, 2.24) is 0 Å². The Morgan fingerprint density at radius 2 is 2.17 bits per heavy atom. The van der Waals surface area contributed by atoms with Gasteiger partial charge in [0.05, 0.1) is 10.5 Å². The highest BCUT2D eigenvalue weighted by molar-refractivity contribution is 7.93. The molecule has 1 heterocycles. The van der Waals surface area contributed by atoms with Gasteiger partial charge in [0.25, 0.3) is 0 Å². The zero-order chi connectivity index (χ0) is 9.41. The van der Waals surface area contributed by atoms with Crippen LogP contribution in [0.25, 0.3) is 0 Å². The maximum atomic E-state index is 11.5. The molecule has 0 aromatic heterocycles. The lowest BCUT2D eigenvalue weighted by atomic mass is 9.90. The summed E-state index contributed by atoms with van der Waals surface area (Å²) in [5.74, 6) is 2.98. The van der Waals surface area contributed by atoms with E-state index in [1.165, 1.54) is 0 Å². The van der Waals surface area contributed by atoms with Gasteiger partial charge in [0.1, 0.15) is 0 Å². The summed E-state index contributed by atoms with van der Waals surface area (Å²) in [6.45, 7) is 3.55. The summed E-state index contributed by atoms with van der Waals surface area (Å²) in [6.07, 6.45) is 6.47. The van der Waals surface area contributed by atoms with Crippen LogP contribution in [0.15, 0.2) is 0 Å². The number of hydrogen-bond donors (Lipinski definition) is 0. The Kier molecular flexibility index (Phi) is 2.22. The van der Waals surface area contributed by atoms with E-state index in [1.807, 2.05) is 0 Å². The van der Waals surface area contributed by atoms with Gasteiger partial charge in [-0.2, -0.15) is 0 Å². The summed E-state index contributed by atoms with van der Waals surface area (Å²) in [4.78, 5) is 0. The molecule has 0 N–H and O–H groups in total. The normalized spacial score (nSPS) is 31.2. The first-order chi connectivity index (χ1) is 5.42. The molecule has 1 unspecified atom stereocenters. The molecule has 1 rings (SSSR count). The van der Waals surface area contributed by atoms with Gasteiger partial charge in [0.2, 0.25) is 0 Å². The molecule has 0 radical (unpaired) electrons. The second-order valence-electron chi connectivity index (χ2n) is 3.82. The fraction of sp³-hybridized carbons (Fsp3) is 0.778. The van der Waals surface area contributed by atoms with Crippen molar-refractivity contribution in [1.29, 1.82) is 0 Å². The van der Waals surface area contributed by atoms with Gasteiger partial charge in [-0.1, -0.05) is 0 Å². The third kappa shape index (κ3) is 1.25. The molecule has 1 aliphatic rings. The van der Waals surface area contributed by atoms with Crippen LogP contribution in [0, 0.1) is 18.3 Å². The summed E-state index contributed by atoms with van der Waals surface area (Å²) in [7, 11) is -2.89. The first-order valence-corrected chi connectivity index (χ1v) is 5.73. The Morgan fingerprint density at radius 3 is 2.50 bits per heavy atom. The molecule has 0 amide bonds. The van der Waals surface area contributed by atoms with E-state index in [0.717, 1.165) is 6.42 Å². The van der Waals surface area contributed by atoms with E-state index in [0.29, 0.717) is 12.2 Å². The molecule has 0 spiro atoms. The van der Waals surface area contributed by atoms with E-state index in [1.54, 1.807) is 13.8 Å². The largest absolute Gasteiger partial charge is 0.228 e. The summed E-state index contributed by atoms with van der Waals surface area (Å²) < 4.78 is 22.4. The first kappa shape index (κ1) is 9.60. The number of terminal acetylenes is 1. The Bertz CT molecular complexity index is 306. The van der Waals surface area contributed by atoms with E-state index in [9.17, 15) is 8.42 Å². The smallest absolute Gasteiger partial charge is 0.155 e. The molecule has 0 saturated carbocycles. The monoisotopic (exact) mass is 186 g/mol. The van der Waals surface area contributed by atoms with Crippen LogP contribution < -0.4 is 0 Å². The molecule has 0 bridgehead atoms. The minimum absolute atomic E-state index is 0.146. The van der Waals surface area contributed by atoms with E-state index >= 15 is 0 Å². The Balaban J connectivity index is 2.95. The standard InChI is InChI=1S/C9H14O2S/c1-4-5-8-6-7-12(10,11)9(8,2)3/h1,8H,5-7H2,2-3H3. The zero-order valence-electron chi connectivity index (χ0n) is 7.50. The van der Waals surface area contributed by atoms with Crippen LogP contribution in [0.5, 0.6) is 0 Å². The molecule has 0 aliphatic carbocycles. The van der Waals surface area contributed by atoms with Gasteiger partial charge >= 0.3 is 0 Å². The lowest BCUT2D eigenvalue weighted by Crippen LogP contribution is -2.33. The molecule has 0 aromatic carbocycles. The number of hydrogen-bond acceptors (Lipinski definition) is 2. The average Bonchev–Trinajstić information content (AvgIpc) is 2.13. The van der Waals surface area contributed by atoms with Gasteiger partial charge in [-0.05, 0) is 26.2 Å². The van der Waals surface area contributed by atoms with Crippen molar-refractivity contribution in [3.05, 3.63) is 0 Å². The van der Waals surface area contributed by atoms with Crippen molar-refractivity contribution in [2.75, 3.05) is 5.75 Å². The molecule has 2 nitrogen and oxygen atoms in total. The van der Waals surface area contributed by atoms with Crippen LogP contribution in [-0.2, 0) is 9.84 Å². The predicted octanol–water partition coefficient (Wildman–Crippen LogP) is 1.22. The zero-order valence-corrected chi connectivity index (χ0v) is 8.32. The van der Waals surface area contributed by atoms with Crippen molar-refractivity contribution < 1.29 is 8.42 Å². The predicted molar refractivity (Wildman–Crippen MR) is 49.4 cm³/mol. The third-order valence-electron chi connectivity index (χ3n) is 2.88. The lowest BCUT2D eigenvalue weighted by Gasteiger charge is -2.23. The fourth-order valence-corrected chi connectivity index (χ4v) is 3.48. The average molecular weight is 186 g/mol. The highest BCUT2D eigenvalue weighted by atomic mass is 32.2. The number of sulfone groups is 1. The molecule has 12 heavy (non-hydrogen) atoms. The third-order valence-corrected chi connectivity index (χ3v) is 5.59. The van der Waals surface area contributed by atoms with Crippen molar-refractivity contribution in [2.45, 2.75) is 31.4 Å². The van der Waals surface area contributed by atoms with Crippen molar-refractivity contribution in [3.63, 3.8) is 0 Å². The molecule has 68 valence electrons. The maximum Gasteiger partial charge on any atom is 0.155 e. The minimum Gasteiger partial charge on any atom is -0.228 e. The SMILES string of the molecule is C#CCC1CCS(=O)(=O)C1(C)C. The molecule has 0 aromatic rings. The van der Waals surface area contributed by atoms with Gasteiger partial charge in [-0.25, -0.2) is 8.42 Å². The summed E-state index contributed by atoms with van der Waals surface area (Å²) >= 11 is 0. The van der Waals surface area contributed by atoms with Crippen LogP contribution in [0.1, 0.15) is 26.7 Å². The van der Waals surface area contributed by atoms with Crippen molar-refractivity contribution >= 4 is 9.84 Å². The molecule has 3 heteroatoms. The molecule has 1 saturated heterocycles. The summed E-state index contributed by atoms with van der Waals surface area (Å²) in [6, 6.07) is 0. The second-order valence-corrected chi connectivity index (χ2v) is 6.51. The molecular formula is C9H14O2S. The fourth-order valence-electron chi connectivity index (χ4n) is 1.65. The molecular weight excluding hydrogens is 172 g/mol. The van der Waals surface area contributed by atoms with Crippen LogP contribution in [0.4, 0.5) is 0 Å². The van der Waals surface area contributed by atoms with Crippen LogP contribution in [0.2, 0.25) is 0 Å². The quantitative estimate of drug-likeness (QED) is 0.577. The van der Waals surface area contributed by atoms with E-state index in [-0.39, 0.29) is 5.92 Å². The Morgan fingerprint density at radius 1 is 1.58 bits per heavy atom. The van der Waals surface area contributed by atoms with Crippen LogP contribution in [-0.4, -0.2) is 18.9 Å².